The molecule has 3 aromatic rings. The van der Waals surface area contributed by atoms with Gasteiger partial charge in [0.2, 0.25) is 0 Å². The first-order chi connectivity index (χ1) is 11.0. The molecule has 2 nitrogen and oxygen atoms in total. The smallest absolute Gasteiger partial charge is 0.416 e. The summed E-state index contributed by atoms with van der Waals surface area (Å²) in [5, 5.41) is 0. The van der Waals surface area contributed by atoms with Crippen LogP contribution in [0.25, 0.3) is 22.4 Å². The van der Waals surface area contributed by atoms with Gasteiger partial charge in [-0.05, 0) is 59.2 Å². The maximum Gasteiger partial charge on any atom is 0.416 e. The molecule has 0 unspecified atom stereocenters. The van der Waals surface area contributed by atoms with E-state index in [2.05, 4.69) is 4.98 Å². The van der Waals surface area contributed by atoms with E-state index in [-0.39, 0.29) is 0 Å². The first kappa shape index (κ1) is 15.2. The third-order valence-corrected chi connectivity index (χ3v) is 3.63. The monoisotopic (exact) mass is 317 g/mol. The second kappa shape index (κ2) is 5.83. The van der Waals surface area contributed by atoms with Crippen LogP contribution < -0.4 is 4.74 Å². The highest BCUT2D eigenvalue weighted by Crippen LogP contribution is 2.32. The van der Waals surface area contributed by atoms with E-state index in [0.29, 0.717) is 0 Å². The Bertz CT molecular complexity index is 786. The van der Waals surface area contributed by atoms with Crippen LogP contribution in [0.2, 0.25) is 0 Å². The van der Waals surface area contributed by atoms with E-state index in [1.807, 2.05) is 30.3 Å². The number of nitrogens with one attached hydrogen (secondary N) is 1. The van der Waals surface area contributed by atoms with Crippen LogP contribution >= 0.6 is 0 Å². The van der Waals surface area contributed by atoms with Crippen LogP contribution in [0.5, 0.6) is 5.75 Å². The molecule has 0 aliphatic heterocycles. The highest BCUT2D eigenvalue weighted by molar-refractivity contribution is 5.71. The van der Waals surface area contributed by atoms with Gasteiger partial charge in [0.1, 0.15) is 5.75 Å². The van der Waals surface area contributed by atoms with Gasteiger partial charge in [-0.2, -0.15) is 13.2 Å². The van der Waals surface area contributed by atoms with Gasteiger partial charge in [-0.15, -0.1) is 0 Å². The number of hydrogen-bond donors (Lipinski definition) is 1. The largest absolute Gasteiger partial charge is 0.497 e. The lowest BCUT2D eigenvalue weighted by Gasteiger charge is -2.06. The first-order valence-electron chi connectivity index (χ1n) is 6.98. The molecule has 0 radical (unpaired) electrons. The SMILES string of the molecule is COc1ccc(-c2cc(-c3ccc(C(F)(F)F)cc3)c[nH]2)cc1. The highest BCUT2D eigenvalue weighted by Gasteiger charge is 2.29. The Morgan fingerprint density at radius 1 is 0.826 bits per heavy atom. The lowest BCUT2D eigenvalue weighted by molar-refractivity contribution is -0.137. The van der Waals surface area contributed by atoms with Gasteiger partial charge in [-0.1, -0.05) is 12.1 Å². The van der Waals surface area contributed by atoms with E-state index in [9.17, 15) is 13.2 Å². The van der Waals surface area contributed by atoms with Crippen molar-refractivity contribution in [2.75, 3.05) is 7.11 Å². The predicted molar refractivity (Wildman–Crippen MR) is 83.2 cm³/mol. The Labute approximate surface area is 131 Å². The molecule has 0 spiro atoms. The van der Waals surface area contributed by atoms with Crippen molar-refractivity contribution in [1.82, 2.24) is 4.98 Å². The van der Waals surface area contributed by atoms with Crippen molar-refractivity contribution in [3.05, 3.63) is 66.4 Å². The van der Waals surface area contributed by atoms with Crippen LogP contribution in [0.4, 0.5) is 13.2 Å². The third kappa shape index (κ3) is 3.23. The van der Waals surface area contributed by atoms with Crippen LogP contribution in [0.3, 0.4) is 0 Å². The molecule has 2 aromatic carbocycles. The molecule has 0 aliphatic carbocycles. The second-order valence-corrected chi connectivity index (χ2v) is 5.11. The van der Waals surface area contributed by atoms with Gasteiger partial charge >= 0.3 is 6.18 Å². The van der Waals surface area contributed by atoms with Crippen molar-refractivity contribution in [1.29, 1.82) is 0 Å². The molecular formula is C18H14F3NO. The van der Waals surface area contributed by atoms with Crippen molar-refractivity contribution < 1.29 is 17.9 Å². The van der Waals surface area contributed by atoms with Crippen LogP contribution in [0.15, 0.2) is 60.8 Å². The van der Waals surface area contributed by atoms with E-state index < -0.39 is 11.7 Å². The zero-order chi connectivity index (χ0) is 16.4. The normalized spacial score (nSPS) is 11.5. The van der Waals surface area contributed by atoms with Crippen molar-refractivity contribution >= 4 is 0 Å². The van der Waals surface area contributed by atoms with Crippen molar-refractivity contribution in [2.24, 2.45) is 0 Å². The minimum absolute atomic E-state index is 0.646. The molecule has 3 rings (SSSR count). The molecule has 0 saturated carbocycles. The number of hydrogen-bond acceptors (Lipinski definition) is 1. The number of methoxy groups -OCH3 is 1. The Morgan fingerprint density at radius 2 is 1.43 bits per heavy atom. The summed E-state index contributed by atoms with van der Waals surface area (Å²) >= 11 is 0. The molecule has 1 aromatic heterocycles. The maximum atomic E-state index is 12.6. The molecule has 0 bridgehead atoms. The van der Waals surface area contributed by atoms with Crippen LogP contribution in [0, 0.1) is 0 Å². The number of aromatic nitrogens is 1. The predicted octanol–water partition coefficient (Wildman–Crippen LogP) is 5.38. The Morgan fingerprint density at radius 3 is 2.00 bits per heavy atom. The number of aromatic amines is 1. The molecule has 1 heterocycles. The summed E-state index contributed by atoms with van der Waals surface area (Å²) in [6.07, 6.45) is -2.53. The average Bonchev–Trinajstić information content (AvgIpc) is 3.04. The molecule has 0 saturated heterocycles. The Kier molecular flexibility index (Phi) is 3.86. The summed E-state index contributed by atoms with van der Waals surface area (Å²) < 4.78 is 42.9. The molecule has 118 valence electrons. The fourth-order valence-corrected chi connectivity index (χ4v) is 2.35. The van der Waals surface area contributed by atoms with Crippen molar-refractivity contribution in [3.63, 3.8) is 0 Å². The van der Waals surface area contributed by atoms with Gasteiger partial charge in [0, 0.05) is 11.9 Å². The van der Waals surface area contributed by atoms with Gasteiger partial charge in [0.05, 0.1) is 12.7 Å². The number of rotatable bonds is 3. The first-order valence-corrected chi connectivity index (χ1v) is 6.98. The van der Waals surface area contributed by atoms with Gasteiger partial charge in [0.15, 0.2) is 0 Å². The average molecular weight is 317 g/mol. The minimum atomic E-state index is -4.31. The summed E-state index contributed by atoms with van der Waals surface area (Å²) in [6.45, 7) is 0. The van der Waals surface area contributed by atoms with Crippen molar-refractivity contribution in [3.8, 4) is 28.1 Å². The fourth-order valence-electron chi connectivity index (χ4n) is 2.35. The van der Waals surface area contributed by atoms with Gasteiger partial charge in [-0.3, -0.25) is 0 Å². The van der Waals surface area contributed by atoms with Gasteiger partial charge in [-0.25, -0.2) is 0 Å². The van der Waals surface area contributed by atoms with Crippen LogP contribution in [0.1, 0.15) is 5.56 Å². The molecule has 5 heteroatoms. The summed E-state index contributed by atoms with van der Waals surface area (Å²) in [7, 11) is 1.60. The number of halogens is 3. The fraction of sp³-hybridized carbons (Fsp3) is 0.111. The molecule has 0 amide bonds. The Balaban J connectivity index is 1.86. The number of benzene rings is 2. The number of ether oxygens (including phenoxy) is 1. The summed E-state index contributed by atoms with van der Waals surface area (Å²) in [5.41, 5.74) is 2.79. The highest BCUT2D eigenvalue weighted by atomic mass is 19.4. The topological polar surface area (TPSA) is 25.0 Å². The minimum Gasteiger partial charge on any atom is -0.497 e. The van der Waals surface area contributed by atoms with Crippen LogP contribution in [-0.4, -0.2) is 12.1 Å². The molecular weight excluding hydrogens is 303 g/mol. The third-order valence-electron chi connectivity index (χ3n) is 3.63. The zero-order valence-corrected chi connectivity index (χ0v) is 12.3. The number of H-pyrrole nitrogens is 1. The maximum absolute atomic E-state index is 12.6. The van der Waals surface area contributed by atoms with Gasteiger partial charge < -0.3 is 9.72 Å². The zero-order valence-electron chi connectivity index (χ0n) is 12.3. The second-order valence-electron chi connectivity index (χ2n) is 5.11. The van der Waals surface area contributed by atoms with E-state index >= 15 is 0 Å². The number of alkyl halides is 3. The molecule has 23 heavy (non-hydrogen) atoms. The summed E-state index contributed by atoms with van der Waals surface area (Å²) in [4.78, 5) is 3.14. The summed E-state index contributed by atoms with van der Waals surface area (Å²) in [5.74, 6) is 0.767. The molecule has 1 N–H and O–H groups in total. The molecule has 0 fully saturated rings. The van der Waals surface area contributed by atoms with Gasteiger partial charge in [0.25, 0.3) is 0 Å². The molecule has 0 aliphatic rings. The van der Waals surface area contributed by atoms with E-state index in [1.165, 1.54) is 12.1 Å². The van der Waals surface area contributed by atoms with E-state index in [4.69, 9.17) is 4.74 Å². The lowest BCUT2D eigenvalue weighted by Crippen LogP contribution is -2.03. The van der Waals surface area contributed by atoms with Crippen molar-refractivity contribution in [2.45, 2.75) is 6.18 Å². The lowest BCUT2D eigenvalue weighted by atomic mass is 10.1. The van der Waals surface area contributed by atoms with E-state index in [0.717, 1.165) is 40.3 Å². The van der Waals surface area contributed by atoms with E-state index in [1.54, 1.807) is 13.3 Å². The van der Waals surface area contributed by atoms with Crippen LogP contribution in [-0.2, 0) is 6.18 Å². The summed E-state index contributed by atoms with van der Waals surface area (Å²) in [6, 6.07) is 14.6. The standard InChI is InChI=1S/C18H14F3NO/c1-23-16-8-4-13(5-9-16)17-10-14(11-22-17)12-2-6-15(7-3-12)18(19,20)21/h2-11,22H,1H3. The molecule has 0 atom stereocenters. The Hall–Kier alpha value is -2.69. The quantitative estimate of drug-likeness (QED) is 0.689.